The number of nitriles is 1. The van der Waals surface area contributed by atoms with Crippen LogP contribution in [0.25, 0.3) is 11.6 Å². The maximum Gasteiger partial charge on any atom is 0.176 e. The standard InChI is InChI=1S/C14H15N3O/c15-8-3-5-11-12-6-1-2-9-17(12)14(16-11)13-7-4-10-18-13/h4,7,10H,1-3,5-6,9H2. The van der Waals surface area contributed by atoms with Crippen molar-refractivity contribution in [3.63, 3.8) is 0 Å². The number of hydrogen-bond donors (Lipinski definition) is 0. The summed E-state index contributed by atoms with van der Waals surface area (Å²) in [6.45, 7) is 1.00. The average Bonchev–Trinajstić information content (AvgIpc) is 3.04. The van der Waals surface area contributed by atoms with Crippen LogP contribution in [0.15, 0.2) is 22.8 Å². The number of imidazole rings is 1. The Bertz CT molecular complexity index is 575. The van der Waals surface area contributed by atoms with Gasteiger partial charge in [-0.25, -0.2) is 4.98 Å². The largest absolute Gasteiger partial charge is 0.461 e. The zero-order valence-corrected chi connectivity index (χ0v) is 10.2. The molecule has 0 saturated carbocycles. The van der Waals surface area contributed by atoms with Crippen LogP contribution in [0.3, 0.4) is 0 Å². The third-order valence-electron chi connectivity index (χ3n) is 3.42. The summed E-state index contributed by atoms with van der Waals surface area (Å²) >= 11 is 0. The second kappa shape index (κ2) is 4.69. The Morgan fingerprint density at radius 3 is 3.17 bits per heavy atom. The first kappa shape index (κ1) is 11.1. The molecule has 0 atom stereocenters. The second-order valence-electron chi connectivity index (χ2n) is 4.57. The molecule has 92 valence electrons. The maximum absolute atomic E-state index is 8.72. The van der Waals surface area contributed by atoms with Crippen molar-refractivity contribution in [1.29, 1.82) is 5.26 Å². The molecule has 1 aliphatic heterocycles. The molecule has 1 aliphatic rings. The lowest BCUT2D eigenvalue weighted by molar-refractivity contribution is 0.518. The Labute approximate surface area is 106 Å². The van der Waals surface area contributed by atoms with Crippen molar-refractivity contribution in [2.75, 3.05) is 0 Å². The van der Waals surface area contributed by atoms with Crippen LogP contribution in [0.4, 0.5) is 0 Å². The van der Waals surface area contributed by atoms with Crippen LogP contribution in [0.2, 0.25) is 0 Å². The van der Waals surface area contributed by atoms with Crippen molar-refractivity contribution in [2.24, 2.45) is 0 Å². The maximum atomic E-state index is 8.72. The SMILES string of the molecule is N#CCCc1nc(-c2ccco2)n2c1CCCC2. The van der Waals surface area contributed by atoms with E-state index in [-0.39, 0.29) is 0 Å². The van der Waals surface area contributed by atoms with Gasteiger partial charge in [0.05, 0.1) is 18.0 Å². The highest BCUT2D eigenvalue weighted by Crippen LogP contribution is 2.28. The van der Waals surface area contributed by atoms with Crippen molar-refractivity contribution < 1.29 is 4.42 Å². The lowest BCUT2D eigenvalue weighted by atomic mass is 10.1. The zero-order valence-electron chi connectivity index (χ0n) is 10.2. The molecule has 0 spiro atoms. The van der Waals surface area contributed by atoms with Gasteiger partial charge in [-0.15, -0.1) is 0 Å². The van der Waals surface area contributed by atoms with Crippen LogP contribution in [-0.4, -0.2) is 9.55 Å². The van der Waals surface area contributed by atoms with Crippen LogP contribution >= 0.6 is 0 Å². The van der Waals surface area contributed by atoms with Crippen LogP contribution in [0, 0.1) is 11.3 Å². The number of rotatable bonds is 3. The molecule has 0 aliphatic carbocycles. The van der Waals surface area contributed by atoms with Gasteiger partial charge in [-0.1, -0.05) is 0 Å². The van der Waals surface area contributed by atoms with Gasteiger partial charge in [0.15, 0.2) is 11.6 Å². The quantitative estimate of drug-likeness (QED) is 0.830. The average molecular weight is 241 g/mol. The molecule has 2 aromatic heterocycles. The molecule has 4 nitrogen and oxygen atoms in total. The minimum atomic E-state index is 0.529. The zero-order chi connectivity index (χ0) is 12.4. The third-order valence-corrected chi connectivity index (χ3v) is 3.42. The van der Waals surface area contributed by atoms with E-state index in [9.17, 15) is 0 Å². The minimum absolute atomic E-state index is 0.529. The molecule has 0 amide bonds. The summed E-state index contributed by atoms with van der Waals surface area (Å²) in [6, 6.07) is 6.02. The topological polar surface area (TPSA) is 54.8 Å². The Morgan fingerprint density at radius 1 is 1.44 bits per heavy atom. The van der Waals surface area contributed by atoms with Crippen molar-refractivity contribution >= 4 is 0 Å². The number of fused-ring (bicyclic) bond motifs is 1. The summed E-state index contributed by atoms with van der Waals surface area (Å²) in [4.78, 5) is 4.69. The fourth-order valence-electron chi connectivity index (χ4n) is 2.59. The fourth-order valence-corrected chi connectivity index (χ4v) is 2.59. The molecule has 18 heavy (non-hydrogen) atoms. The predicted octanol–water partition coefficient (Wildman–Crippen LogP) is 2.94. The first-order chi connectivity index (χ1) is 8.90. The summed E-state index contributed by atoms with van der Waals surface area (Å²) in [5.41, 5.74) is 2.37. The molecule has 0 aromatic carbocycles. The van der Waals surface area contributed by atoms with Gasteiger partial charge >= 0.3 is 0 Å². The van der Waals surface area contributed by atoms with E-state index in [4.69, 9.17) is 9.68 Å². The van der Waals surface area contributed by atoms with E-state index in [2.05, 4.69) is 15.6 Å². The van der Waals surface area contributed by atoms with Gasteiger partial charge in [0.25, 0.3) is 0 Å². The Kier molecular flexibility index (Phi) is 2.89. The highest BCUT2D eigenvalue weighted by atomic mass is 16.3. The van der Waals surface area contributed by atoms with Gasteiger partial charge in [-0.3, -0.25) is 0 Å². The highest BCUT2D eigenvalue weighted by Gasteiger charge is 2.21. The second-order valence-corrected chi connectivity index (χ2v) is 4.57. The van der Waals surface area contributed by atoms with E-state index in [0.717, 1.165) is 36.7 Å². The normalized spacial score (nSPS) is 14.2. The fraction of sp³-hybridized carbons (Fsp3) is 0.429. The van der Waals surface area contributed by atoms with Gasteiger partial charge in [0.2, 0.25) is 0 Å². The lowest BCUT2D eigenvalue weighted by Crippen LogP contribution is -2.11. The van der Waals surface area contributed by atoms with E-state index in [1.54, 1.807) is 6.26 Å². The minimum Gasteiger partial charge on any atom is -0.461 e. The van der Waals surface area contributed by atoms with Gasteiger partial charge in [0, 0.05) is 25.1 Å². The number of aryl methyl sites for hydroxylation is 1. The third kappa shape index (κ3) is 1.82. The van der Waals surface area contributed by atoms with E-state index >= 15 is 0 Å². The molecule has 2 aromatic rings. The van der Waals surface area contributed by atoms with Crippen LogP contribution in [-0.2, 0) is 19.4 Å². The van der Waals surface area contributed by atoms with Crippen molar-refractivity contribution in [1.82, 2.24) is 9.55 Å². The smallest absolute Gasteiger partial charge is 0.176 e. The molecule has 0 unspecified atom stereocenters. The molecule has 4 heteroatoms. The lowest BCUT2D eigenvalue weighted by Gasteiger charge is -2.16. The summed E-state index contributed by atoms with van der Waals surface area (Å²) in [5.74, 6) is 1.74. The molecule has 3 rings (SSSR count). The number of aromatic nitrogens is 2. The molecule has 0 radical (unpaired) electrons. The summed E-state index contributed by atoms with van der Waals surface area (Å²) in [5, 5.41) is 8.72. The van der Waals surface area contributed by atoms with Crippen LogP contribution in [0.1, 0.15) is 30.7 Å². The molecule has 0 bridgehead atoms. The Morgan fingerprint density at radius 2 is 2.39 bits per heavy atom. The van der Waals surface area contributed by atoms with E-state index in [0.29, 0.717) is 6.42 Å². The number of furan rings is 1. The molecule has 3 heterocycles. The van der Waals surface area contributed by atoms with Gasteiger partial charge in [0.1, 0.15) is 0 Å². The molecule has 0 fully saturated rings. The van der Waals surface area contributed by atoms with Crippen molar-refractivity contribution in [2.45, 2.75) is 38.6 Å². The number of hydrogen-bond acceptors (Lipinski definition) is 3. The molecule has 0 saturated heterocycles. The monoisotopic (exact) mass is 241 g/mol. The van der Waals surface area contributed by atoms with Gasteiger partial charge in [-0.05, 0) is 31.4 Å². The van der Waals surface area contributed by atoms with Gasteiger partial charge in [-0.2, -0.15) is 5.26 Å². The number of nitrogens with zero attached hydrogens (tertiary/aromatic N) is 3. The van der Waals surface area contributed by atoms with E-state index < -0.39 is 0 Å². The Balaban J connectivity index is 2.04. The van der Waals surface area contributed by atoms with E-state index in [1.165, 1.54) is 18.5 Å². The summed E-state index contributed by atoms with van der Waals surface area (Å²) < 4.78 is 7.71. The highest BCUT2D eigenvalue weighted by molar-refractivity contribution is 5.50. The van der Waals surface area contributed by atoms with Gasteiger partial charge < -0.3 is 8.98 Å². The molecular weight excluding hydrogens is 226 g/mol. The van der Waals surface area contributed by atoms with E-state index in [1.807, 2.05) is 12.1 Å². The van der Waals surface area contributed by atoms with Crippen molar-refractivity contribution in [3.8, 4) is 17.7 Å². The first-order valence-corrected chi connectivity index (χ1v) is 6.39. The van der Waals surface area contributed by atoms with Crippen LogP contribution < -0.4 is 0 Å². The summed E-state index contributed by atoms with van der Waals surface area (Å²) in [6.07, 6.45) is 6.41. The Hall–Kier alpha value is -2.02. The molecule has 0 N–H and O–H groups in total. The predicted molar refractivity (Wildman–Crippen MR) is 66.8 cm³/mol. The van der Waals surface area contributed by atoms with Crippen molar-refractivity contribution in [3.05, 3.63) is 29.8 Å². The summed E-state index contributed by atoms with van der Waals surface area (Å²) in [7, 11) is 0. The van der Waals surface area contributed by atoms with Crippen LogP contribution in [0.5, 0.6) is 0 Å². The first-order valence-electron chi connectivity index (χ1n) is 6.39. The molecular formula is C14H15N3O.